The SMILES string of the molecule is COC(=O)c1cc(OC[C@H]2CN(C)CCO2)c(=O)n(-c2ccc(C)cc2)c1. The number of pyridine rings is 1. The van der Waals surface area contributed by atoms with Crippen LogP contribution in [0.25, 0.3) is 5.69 Å². The second-order valence-corrected chi connectivity index (χ2v) is 6.66. The smallest absolute Gasteiger partial charge is 0.339 e. The fourth-order valence-corrected chi connectivity index (χ4v) is 2.94. The minimum Gasteiger partial charge on any atom is -0.485 e. The van der Waals surface area contributed by atoms with E-state index in [1.54, 1.807) is 0 Å². The number of ether oxygens (including phenoxy) is 3. The molecule has 0 bridgehead atoms. The van der Waals surface area contributed by atoms with E-state index in [1.165, 1.54) is 23.9 Å². The summed E-state index contributed by atoms with van der Waals surface area (Å²) in [6.45, 7) is 4.42. The monoisotopic (exact) mass is 372 g/mol. The Bertz CT molecular complexity index is 860. The highest BCUT2D eigenvalue weighted by Gasteiger charge is 2.20. The maximum absolute atomic E-state index is 12.9. The molecule has 7 nitrogen and oxygen atoms in total. The summed E-state index contributed by atoms with van der Waals surface area (Å²) in [7, 11) is 3.31. The van der Waals surface area contributed by atoms with Crippen LogP contribution in [0.3, 0.4) is 0 Å². The number of aryl methyl sites for hydroxylation is 1. The molecular weight excluding hydrogens is 348 g/mol. The first-order chi connectivity index (χ1) is 13.0. The third-order valence-corrected chi connectivity index (χ3v) is 4.48. The molecule has 0 aliphatic carbocycles. The van der Waals surface area contributed by atoms with Gasteiger partial charge in [0.1, 0.15) is 12.7 Å². The second-order valence-electron chi connectivity index (χ2n) is 6.66. The normalized spacial score (nSPS) is 17.5. The van der Waals surface area contributed by atoms with Crippen LogP contribution in [0.5, 0.6) is 5.75 Å². The van der Waals surface area contributed by atoms with Gasteiger partial charge in [-0.1, -0.05) is 17.7 Å². The Morgan fingerprint density at radius 3 is 2.70 bits per heavy atom. The van der Waals surface area contributed by atoms with E-state index in [2.05, 4.69) is 4.90 Å². The third-order valence-electron chi connectivity index (χ3n) is 4.48. The van der Waals surface area contributed by atoms with Gasteiger partial charge in [-0.3, -0.25) is 9.36 Å². The van der Waals surface area contributed by atoms with Crippen LogP contribution < -0.4 is 10.3 Å². The molecule has 2 aromatic rings. The number of rotatable bonds is 5. The van der Waals surface area contributed by atoms with Crippen molar-refractivity contribution in [2.24, 2.45) is 0 Å². The van der Waals surface area contributed by atoms with Crippen molar-refractivity contribution in [3.8, 4) is 11.4 Å². The number of esters is 1. The summed E-state index contributed by atoms with van der Waals surface area (Å²) in [6, 6.07) is 8.87. The molecular formula is C20H24N2O5. The Morgan fingerprint density at radius 1 is 1.30 bits per heavy atom. The van der Waals surface area contributed by atoms with Crippen LogP contribution in [0.4, 0.5) is 0 Å². The van der Waals surface area contributed by atoms with Gasteiger partial charge < -0.3 is 19.1 Å². The van der Waals surface area contributed by atoms with Gasteiger partial charge >= 0.3 is 5.97 Å². The van der Waals surface area contributed by atoms with Gasteiger partial charge in [-0.05, 0) is 26.1 Å². The van der Waals surface area contributed by atoms with Crippen LogP contribution in [0, 0.1) is 6.92 Å². The van der Waals surface area contributed by atoms with E-state index >= 15 is 0 Å². The van der Waals surface area contributed by atoms with Crippen molar-refractivity contribution in [3.05, 3.63) is 58.0 Å². The summed E-state index contributed by atoms with van der Waals surface area (Å²) in [4.78, 5) is 27.1. The minimum atomic E-state index is -0.533. The molecule has 27 heavy (non-hydrogen) atoms. The summed E-state index contributed by atoms with van der Waals surface area (Å²) < 4.78 is 17.6. The first-order valence-corrected chi connectivity index (χ1v) is 8.83. The Labute approximate surface area is 158 Å². The molecule has 1 fully saturated rings. The summed E-state index contributed by atoms with van der Waals surface area (Å²) in [5.74, 6) is -0.440. The molecule has 1 saturated heterocycles. The van der Waals surface area contributed by atoms with Crippen molar-refractivity contribution in [2.75, 3.05) is 40.5 Å². The van der Waals surface area contributed by atoms with Gasteiger partial charge in [-0.15, -0.1) is 0 Å². The first-order valence-electron chi connectivity index (χ1n) is 8.83. The van der Waals surface area contributed by atoms with Crippen LogP contribution in [0.2, 0.25) is 0 Å². The number of hydrogen-bond donors (Lipinski definition) is 0. The van der Waals surface area contributed by atoms with Gasteiger partial charge in [-0.2, -0.15) is 0 Å². The van der Waals surface area contributed by atoms with Crippen molar-refractivity contribution in [1.29, 1.82) is 0 Å². The second kappa shape index (κ2) is 8.37. The van der Waals surface area contributed by atoms with Crippen LogP contribution in [0.15, 0.2) is 41.3 Å². The van der Waals surface area contributed by atoms with Gasteiger partial charge in [0.05, 0.1) is 19.3 Å². The Balaban J connectivity index is 1.92. The lowest BCUT2D eigenvalue weighted by atomic mass is 10.2. The van der Waals surface area contributed by atoms with Crippen molar-refractivity contribution in [2.45, 2.75) is 13.0 Å². The standard InChI is InChI=1S/C20H24N2O5/c1-14-4-6-16(7-5-14)22-11-15(20(24)25-3)10-18(19(22)23)27-13-17-12-21(2)8-9-26-17/h4-7,10-11,17H,8-9,12-13H2,1-3H3/t17-/m1/s1. The number of aromatic nitrogens is 1. The Kier molecular flexibility index (Phi) is 5.93. The fourth-order valence-electron chi connectivity index (χ4n) is 2.94. The van der Waals surface area contributed by atoms with E-state index in [4.69, 9.17) is 14.2 Å². The summed E-state index contributed by atoms with van der Waals surface area (Å²) >= 11 is 0. The number of carbonyl (C=O) groups is 1. The molecule has 0 N–H and O–H groups in total. The number of methoxy groups -OCH3 is 1. The molecule has 1 aromatic heterocycles. The number of hydrogen-bond acceptors (Lipinski definition) is 6. The van der Waals surface area contributed by atoms with Gasteiger partial charge in [-0.25, -0.2) is 4.79 Å². The van der Waals surface area contributed by atoms with Crippen molar-refractivity contribution >= 4 is 5.97 Å². The molecule has 2 heterocycles. The molecule has 0 amide bonds. The maximum Gasteiger partial charge on any atom is 0.339 e. The summed E-state index contributed by atoms with van der Waals surface area (Å²) in [6.07, 6.45) is 1.34. The van der Waals surface area contributed by atoms with Crippen molar-refractivity contribution in [3.63, 3.8) is 0 Å². The molecule has 0 radical (unpaired) electrons. The predicted molar refractivity (Wildman–Crippen MR) is 101 cm³/mol. The zero-order valence-corrected chi connectivity index (χ0v) is 15.8. The van der Waals surface area contributed by atoms with Gasteiger partial charge in [0, 0.05) is 31.0 Å². The zero-order chi connectivity index (χ0) is 19.4. The largest absolute Gasteiger partial charge is 0.485 e. The summed E-state index contributed by atoms with van der Waals surface area (Å²) in [5.41, 5.74) is 1.63. The highest BCUT2D eigenvalue weighted by atomic mass is 16.5. The molecule has 1 aliphatic heterocycles. The Morgan fingerprint density at radius 2 is 2.04 bits per heavy atom. The molecule has 0 saturated carbocycles. The molecule has 1 aromatic carbocycles. The van der Waals surface area contributed by atoms with E-state index in [9.17, 15) is 9.59 Å². The Hall–Kier alpha value is -2.64. The number of likely N-dealkylation sites (N-methyl/N-ethyl adjacent to an activating group) is 1. The quantitative estimate of drug-likeness (QED) is 0.744. The molecule has 0 spiro atoms. The van der Waals surface area contributed by atoms with Crippen molar-refractivity contribution in [1.82, 2.24) is 9.47 Å². The minimum absolute atomic E-state index is 0.0929. The van der Waals surface area contributed by atoms with Crippen LogP contribution in [-0.2, 0) is 9.47 Å². The predicted octanol–water partition coefficient (Wildman–Crippen LogP) is 1.64. The lowest BCUT2D eigenvalue weighted by Gasteiger charge is -2.29. The third kappa shape index (κ3) is 4.56. The average Bonchev–Trinajstić information content (AvgIpc) is 2.67. The zero-order valence-electron chi connectivity index (χ0n) is 15.8. The van der Waals surface area contributed by atoms with Crippen LogP contribution >= 0.6 is 0 Å². The molecule has 144 valence electrons. The molecule has 1 atom stereocenters. The van der Waals surface area contributed by atoms with Crippen molar-refractivity contribution < 1.29 is 19.0 Å². The number of benzene rings is 1. The van der Waals surface area contributed by atoms with E-state index < -0.39 is 5.97 Å². The molecule has 3 rings (SSSR count). The number of carbonyl (C=O) groups excluding carboxylic acids is 1. The maximum atomic E-state index is 12.9. The summed E-state index contributed by atoms with van der Waals surface area (Å²) in [5, 5.41) is 0. The van der Waals surface area contributed by atoms with Gasteiger partial charge in [0.2, 0.25) is 0 Å². The average molecular weight is 372 g/mol. The van der Waals surface area contributed by atoms with Crippen LogP contribution in [0.1, 0.15) is 15.9 Å². The molecule has 7 heteroatoms. The van der Waals surface area contributed by atoms with Crippen LogP contribution in [-0.4, -0.2) is 62.0 Å². The van der Waals surface area contributed by atoms with Gasteiger partial charge in [0.25, 0.3) is 5.56 Å². The lowest BCUT2D eigenvalue weighted by molar-refractivity contribution is -0.0405. The van der Waals surface area contributed by atoms with E-state index in [-0.39, 0.29) is 29.6 Å². The fraction of sp³-hybridized carbons (Fsp3) is 0.400. The van der Waals surface area contributed by atoms with E-state index in [0.717, 1.165) is 18.7 Å². The number of morpholine rings is 1. The topological polar surface area (TPSA) is 70.0 Å². The van der Waals surface area contributed by atoms with E-state index in [0.29, 0.717) is 12.3 Å². The molecule has 0 unspecified atom stereocenters. The lowest BCUT2D eigenvalue weighted by Crippen LogP contribution is -2.43. The molecule has 1 aliphatic rings. The highest BCUT2D eigenvalue weighted by Crippen LogP contribution is 2.15. The number of nitrogens with zero attached hydrogens (tertiary/aromatic N) is 2. The van der Waals surface area contributed by atoms with Gasteiger partial charge in [0.15, 0.2) is 5.75 Å². The highest BCUT2D eigenvalue weighted by molar-refractivity contribution is 5.89. The van der Waals surface area contributed by atoms with E-state index in [1.807, 2.05) is 38.2 Å². The first kappa shape index (κ1) is 19.1.